The number of rotatable bonds is 8. The van der Waals surface area contributed by atoms with Gasteiger partial charge in [-0.05, 0) is 54.3 Å². The molecule has 8 nitrogen and oxygen atoms in total. The monoisotopic (exact) mass is 486 g/mol. The quantitative estimate of drug-likeness (QED) is 0.493. The Hall–Kier alpha value is -3.39. The highest BCUT2D eigenvalue weighted by Gasteiger charge is 2.38. The Morgan fingerprint density at radius 2 is 2.00 bits per heavy atom. The smallest absolute Gasteiger partial charge is 0.335 e. The van der Waals surface area contributed by atoms with Gasteiger partial charge in [-0.1, -0.05) is 30.7 Å². The van der Waals surface area contributed by atoms with E-state index in [1.165, 1.54) is 19.2 Å². The van der Waals surface area contributed by atoms with Crippen LogP contribution < -0.4 is 15.4 Å². The third kappa shape index (κ3) is 5.94. The Morgan fingerprint density at radius 1 is 1.24 bits per heavy atom. The van der Waals surface area contributed by atoms with E-state index in [4.69, 9.17) is 16.3 Å². The van der Waals surface area contributed by atoms with Crippen LogP contribution in [0.1, 0.15) is 47.3 Å². The normalized spacial score (nSPS) is 19.0. The number of ether oxygens (including phenoxy) is 1. The van der Waals surface area contributed by atoms with Gasteiger partial charge >= 0.3 is 5.97 Å². The number of amides is 2. The van der Waals surface area contributed by atoms with Crippen molar-refractivity contribution in [2.75, 3.05) is 13.7 Å². The van der Waals surface area contributed by atoms with Crippen molar-refractivity contribution in [2.45, 2.75) is 32.2 Å². The molecule has 1 aliphatic heterocycles. The second-order valence-electron chi connectivity index (χ2n) is 8.22. The first-order valence-corrected chi connectivity index (χ1v) is 11.4. The largest absolute Gasteiger partial charge is 0.496 e. The summed E-state index contributed by atoms with van der Waals surface area (Å²) in [5, 5.41) is 15.3. The zero-order valence-electron chi connectivity index (χ0n) is 19.0. The summed E-state index contributed by atoms with van der Waals surface area (Å²) in [7, 11) is 1.52. The van der Waals surface area contributed by atoms with Gasteiger partial charge in [-0.2, -0.15) is 0 Å². The van der Waals surface area contributed by atoms with E-state index in [2.05, 4.69) is 10.6 Å². The second-order valence-corrected chi connectivity index (χ2v) is 8.66. The van der Waals surface area contributed by atoms with Gasteiger partial charge in [-0.15, -0.1) is 0 Å². The van der Waals surface area contributed by atoms with E-state index in [1.54, 1.807) is 30.3 Å². The van der Waals surface area contributed by atoms with Crippen molar-refractivity contribution in [3.63, 3.8) is 0 Å². The summed E-state index contributed by atoms with van der Waals surface area (Å²) in [5.41, 5.74) is 1.42. The van der Waals surface area contributed by atoms with Crippen molar-refractivity contribution in [1.29, 1.82) is 0 Å². The summed E-state index contributed by atoms with van der Waals surface area (Å²) in [6, 6.07) is 10.9. The van der Waals surface area contributed by atoms with Crippen LogP contribution in [0.5, 0.6) is 5.75 Å². The van der Waals surface area contributed by atoms with Gasteiger partial charge in [0.1, 0.15) is 11.7 Å². The van der Waals surface area contributed by atoms with Crippen molar-refractivity contribution in [3.05, 3.63) is 64.2 Å². The fourth-order valence-corrected chi connectivity index (χ4v) is 4.32. The standard InChI is InChI=1S/C25H27ClN2O6/c1-3-20(14-5-4-6-15(9-14)25(32)33)28-24(31)19-12-22(29)27-13-17(23(19)30)10-16-11-18(26)7-8-21(16)34-2/h4-9,11,17,19-20H,3,10,12-13H2,1-2H3,(H,27,29)(H,28,31)(H,32,33)/t17-,19?,20-/m1/s1. The molecule has 2 amide bonds. The Morgan fingerprint density at radius 3 is 2.68 bits per heavy atom. The van der Waals surface area contributed by atoms with Crippen molar-refractivity contribution >= 4 is 35.2 Å². The highest BCUT2D eigenvalue weighted by atomic mass is 35.5. The molecular weight excluding hydrogens is 460 g/mol. The molecule has 180 valence electrons. The van der Waals surface area contributed by atoms with Crippen LogP contribution >= 0.6 is 11.6 Å². The van der Waals surface area contributed by atoms with Crippen molar-refractivity contribution < 1.29 is 29.0 Å². The van der Waals surface area contributed by atoms with Crippen LogP contribution in [0.15, 0.2) is 42.5 Å². The zero-order valence-corrected chi connectivity index (χ0v) is 19.7. The molecule has 1 saturated heterocycles. The molecular formula is C25H27ClN2O6. The maximum absolute atomic E-state index is 13.4. The molecule has 0 aliphatic carbocycles. The van der Waals surface area contributed by atoms with E-state index in [1.807, 2.05) is 6.92 Å². The fraction of sp³-hybridized carbons (Fsp3) is 0.360. The topological polar surface area (TPSA) is 122 Å². The fourth-order valence-electron chi connectivity index (χ4n) is 4.13. The van der Waals surface area contributed by atoms with Crippen LogP contribution in [0.3, 0.4) is 0 Å². The summed E-state index contributed by atoms with van der Waals surface area (Å²) < 4.78 is 5.37. The number of aromatic carboxylic acids is 1. The number of hydrogen-bond donors (Lipinski definition) is 3. The number of Topliss-reactive ketones (excluding diaryl/α,β-unsaturated/α-hetero) is 1. The van der Waals surface area contributed by atoms with Crippen molar-refractivity contribution in [2.24, 2.45) is 11.8 Å². The number of carbonyl (C=O) groups is 4. The number of nitrogens with one attached hydrogen (secondary N) is 2. The zero-order chi connectivity index (χ0) is 24.8. The molecule has 2 aromatic carbocycles. The van der Waals surface area contributed by atoms with Gasteiger partial charge in [0, 0.05) is 23.9 Å². The Balaban J connectivity index is 1.81. The molecule has 1 unspecified atom stereocenters. The lowest BCUT2D eigenvalue weighted by Gasteiger charge is -2.23. The average molecular weight is 487 g/mol. The molecule has 2 aromatic rings. The molecule has 3 atom stereocenters. The molecule has 1 fully saturated rings. The molecule has 3 N–H and O–H groups in total. The molecule has 0 aromatic heterocycles. The summed E-state index contributed by atoms with van der Waals surface area (Å²) in [6.45, 7) is 1.95. The highest BCUT2D eigenvalue weighted by Crippen LogP contribution is 2.28. The van der Waals surface area contributed by atoms with E-state index >= 15 is 0 Å². The van der Waals surface area contributed by atoms with E-state index in [0.29, 0.717) is 28.3 Å². The molecule has 3 rings (SSSR count). The third-order valence-electron chi connectivity index (χ3n) is 5.97. The molecule has 34 heavy (non-hydrogen) atoms. The number of ketones is 1. The number of halogens is 1. The molecule has 9 heteroatoms. The first kappa shape index (κ1) is 25.2. The maximum atomic E-state index is 13.4. The van der Waals surface area contributed by atoms with Gasteiger partial charge < -0.3 is 20.5 Å². The predicted molar refractivity (Wildman–Crippen MR) is 126 cm³/mol. The minimum absolute atomic E-state index is 0.102. The molecule has 0 saturated carbocycles. The number of carboxylic acids is 1. The second kappa shape index (κ2) is 11.2. The molecule has 1 heterocycles. The molecule has 0 radical (unpaired) electrons. The van der Waals surface area contributed by atoms with Gasteiger partial charge in [0.05, 0.1) is 18.7 Å². The van der Waals surface area contributed by atoms with Crippen LogP contribution in [0.2, 0.25) is 5.02 Å². The number of benzene rings is 2. The van der Waals surface area contributed by atoms with Crippen molar-refractivity contribution in [1.82, 2.24) is 10.6 Å². The number of carboxylic acid groups (broad SMARTS) is 1. The SMILES string of the molecule is CC[C@@H](NC(=O)C1CC(=O)NC[C@@H](Cc2cc(Cl)ccc2OC)C1=O)c1cccc(C(=O)O)c1. The van der Waals surface area contributed by atoms with Crippen LogP contribution in [0.25, 0.3) is 0 Å². The molecule has 0 bridgehead atoms. The predicted octanol–water partition coefficient (Wildman–Crippen LogP) is 3.18. The van der Waals surface area contributed by atoms with E-state index < -0.39 is 29.8 Å². The maximum Gasteiger partial charge on any atom is 0.335 e. The molecule has 1 aliphatic rings. The minimum Gasteiger partial charge on any atom is -0.496 e. The first-order valence-electron chi connectivity index (χ1n) is 11.0. The Kier molecular flexibility index (Phi) is 8.28. The summed E-state index contributed by atoms with van der Waals surface area (Å²) in [5.74, 6) is -3.57. The van der Waals surface area contributed by atoms with Crippen LogP contribution in [0.4, 0.5) is 0 Å². The van der Waals surface area contributed by atoms with Gasteiger partial charge in [-0.25, -0.2) is 4.79 Å². The van der Waals surface area contributed by atoms with E-state index in [9.17, 15) is 24.3 Å². The van der Waals surface area contributed by atoms with Crippen LogP contribution in [-0.2, 0) is 20.8 Å². The number of carbonyl (C=O) groups excluding carboxylic acids is 3. The number of methoxy groups -OCH3 is 1. The van der Waals surface area contributed by atoms with Crippen molar-refractivity contribution in [3.8, 4) is 5.75 Å². The minimum atomic E-state index is -1.16. The van der Waals surface area contributed by atoms with Crippen LogP contribution in [-0.4, -0.2) is 42.3 Å². The molecule has 0 spiro atoms. The first-order chi connectivity index (χ1) is 16.2. The third-order valence-corrected chi connectivity index (χ3v) is 6.20. The van der Waals surface area contributed by atoms with Gasteiger partial charge in [0.25, 0.3) is 0 Å². The van der Waals surface area contributed by atoms with Gasteiger partial charge in [0.15, 0.2) is 5.78 Å². The van der Waals surface area contributed by atoms with E-state index in [0.717, 1.165) is 0 Å². The Labute approximate surface area is 202 Å². The lowest BCUT2D eigenvalue weighted by molar-refractivity contribution is -0.138. The lowest BCUT2D eigenvalue weighted by atomic mass is 9.86. The van der Waals surface area contributed by atoms with Crippen LogP contribution in [0, 0.1) is 11.8 Å². The summed E-state index contributed by atoms with van der Waals surface area (Å²) in [4.78, 5) is 50.2. The lowest BCUT2D eigenvalue weighted by Crippen LogP contribution is -2.40. The van der Waals surface area contributed by atoms with Gasteiger partial charge in [-0.3, -0.25) is 14.4 Å². The van der Waals surface area contributed by atoms with Gasteiger partial charge in [0.2, 0.25) is 11.8 Å². The highest BCUT2D eigenvalue weighted by molar-refractivity contribution is 6.30. The summed E-state index contributed by atoms with van der Waals surface area (Å²) in [6.07, 6.45) is 0.481. The number of hydrogen-bond acceptors (Lipinski definition) is 5. The Bertz CT molecular complexity index is 1100. The van der Waals surface area contributed by atoms with E-state index in [-0.39, 0.29) is 36.6 Å². The average Bonchev–Trinajstić information content (AvgIpc) is 2.96. The summed E-state index contributed by atoms with van der Waals surface area (Å²) >= 11 is 6.11.